The molecular formula is C24H21F5N8. The smallest absolute Gasteiger partial charge is 0.324 e. The van der Waals surface area contributed by atoms with Gasteiger partial charge >= 0.3 is 6.18 Å². The van der Waals surface area contributed by atoms with E-state index < -0.39 is 23.2 Å². The van der Waals surface area contributed by atoms with Gasteiger partial charge in [0.05, 0.1) is 29.6 Å². The fraction of sp³-hybridized carbons (Fsp3) is 0.458. The Morgan fingerprint density at radius 1 is 1.08 bits per heavy atom. The first-order valence-electron chi connectivity index (χ1n) is 11.7. The first-order chi connectivity index (χ1) is 17.6. The molecule has 3 heterocycles. The normalized spacial score (nSPS) is 19.8. The molecule has 5 rings (SSSR count). The van der Waals surface area contributed by atoms with Crippen molar-refractivity contribution in [2.24, 2.45) is 5.92 Å². The fourth-order valence-corrected chi connectivity index (χ4v) is 4.38. The third-order valence-corrected chi connectivity index (χ3v) is 6.59. The van der Waals surface area contributed by atoms with Crippen molar-refractivity contribution >= 4 is 11.6 Å². The maximum absolute atomic E-state index is 13.6. The molecule has 0 bridgehead atoms. The lowest BCUT2D eigenvalue weighted by Gasteiger charge is -2.13. The summed E-state index contributed by atoms with van der Waals surface area (Å²) in [4.78, 5) is 24.4. The predicted molar refractivity (Wildman–Crippen MR) is 121 cm³/mol. The van der Waals surface area contributed by atoms with E-state index in [1.165, 1.54) is 6.20 Å². The molecule has 2 aliphatic rings. The lowest BCUT2D eigenvalue weighted by atomic mass is 10.0. The molecule has 0 amide bonds. The van der Waals surface area contributed by atoms with E-state index in [9.17, 15) is 27.2 Å². The van der Waals surface area contributed by atoms with Gasteiger partial charge in [0.1, 0.15) is 11.5 Å². The number of rotatable bonds is 7. The summed E-state index contributed by atoms with van der Waals surface area (Å²) in [5.41, 5.74) is -0.893. The number of halogens is 5. The summed E-state index contributed by atoms with van der Waals surface area (Å²) >= 11 is 0. The minimum absolute atomic E-state index is 0.0370. The highest BCUT2D eigenvalue weighted by Crippen LogP contribution is 2.47. The lowest BCUT2D eigenvalue weighted by Crippen LogP contribution is -2.12. The van der Waals surface area contributed by atoms with Gasteiger partial charge in [-0.1, -0.05) is 0 Å². The molecule has 0 saturated heterocycles. The monoisotopic (exact) mass is 516 g/mol. The van der Waals surface area contributed by atoms with Crippen LogP contribution < -0.4 is 5.32 Å². The Labute approximate surface area is 208 Å². The van der Waals surface area contributed by atoms with Gasteiger partial charge in [0.25, 0.3) is 0 Å². The van der Waals surface area contributed by atoms with Gasteiger partial charge in [-0.25, -0.2) is 18.7 Å². The lowest BCUT2D eigenvalue weighted by molar-refractivity contribution is -0.141. The highest BCUT2D eigenvalue weighted by atomic mass is 19.4. The molecule has 3 aromatic heterocycles. The van der Waals surface area contributed by atoms with Crippen molar-refractivity contribution in [3.05, 3.63) is 47.9 Å². The Kier molecular flexibility index (Phi) is 6.21. The Hall–Kier alpha value is -3.82. The maximum Gasteiger partial charge on any atom is 0.434 e. The number of alkyl halides is 5. The number of nitrogens with one attached hydrogen (secondary N) is 1. The number of pyridine rings is 1. The van der Waals surface area contributed by atoms with Crippen molar-refractivity contribution in [3.8, 4) is 17.6 Å². The van der Waals surface area contributed by atoms with Crippen LogP contribution in [0.1, 0.15) is 55.7 Å². The highest BCUT2D eigenvalue weighted by molar-refractivity contribution is 5.57. The van der Waals surface area contributed by atoms with E-state index in [0.717, 1.165) is 6.20 Å². The van der Waals surface area contributed by atoms with Gasteiger partial charge in [-0.2, -0.15) is 28.4 Å². The molecule has 3 aromatic rings. The van der Waals surface area contributed by atoms with Crippen molar-refractivity contribution in [2.75, 3.05) is 5.32 Å². The van der Waals surface area contributed by atoms with E-state index in [-0.39, 0.29) is 48.5 Å². The Balaban J connectivity index is 1.45. The second-order valence-electron chi connectivity index (χ2n) is 9.44. The molecule has 2 fully saturated rings. The second kappa shape index (κ2) is 9.24. The predicted octanol–water partition coefficient (Wildman–Crippen LogP) is 5.41. The molecule has 1 atom stereocenters. The fourth-order valence-electron chi connectivity index (χ4n) is 4.38. The van der Waals surface area contributed by atoms with Crippen LogP contribution in [0.4, 0.5) is 33.6 Å². The summed E-state index contributed by atoms with van der Waals surface area (Å²) < 4.78 is 66.8. The van der Waals surface area contributed by atoms with Gasteiger partial charge in [-0.15, -0.1) is 0 Å². The zero-order chi connectivity index (χ0) is 26.3. The van der Waals surface area contributed by atoms with Crippen molar-refractivity contribution in [1.29, 1.82) is 5.26 Å². The van der Waals surface area contributed by atoms with E-state index >= 15 is 0 Å². The molecule has 0 aromatic carbocycles. The largest absolute Gasteiger partial charge is 0.434 e. The van der Waals surface area contributed by atoms with Gasteiger partial charge in [-0.05, 0) is 43.7 Å². The first-order valence-corrected chi connectivity index (χ1v) is 11.7. The van der Waals surface area contributed by atoms with Crippen molar-refractivity contribution in [3.63, 3.8) is 0 Å². The van der Waals surface area contributed by atoms with Crippen LogP contribution in [0.2, 0.25) is 0 Å². The van der Waals surface area contributed by atoms with Crippen molar-refractivity contribution < 1.29 is 22.0 Å². The Morgan fingerprint density at radius 3 is 2.57 bits per heavy atom. The molecule has 0 aliphatic heterocycles. The van der Waals surface area contributed by atoms with Crippen LogP contribution in [0.15, 0.2) is 30.7 Å². The summed E-state index contributed by atoms with van der Waals surface area (Å²) in [7, 11) is 0. The van der Waals surface area contributed by atoms with Crippen LogP contribution in [-0.4, -0.2) is 35.8 Å². The minimum Gasteiger partial charge on any atom is -0.324 e. The topological polar surface area (TPSA) is 113 Å². The number of anilines is 2. The van der Waals surface area contributed by atoms with E-state index in [0.29, 0.717) is 43.3 Å². The van der Waals surface area contributed by atoms with Gasteiger partial charge in [0.15, 0.2) is 11.5 Å². The second-order valence-corrected chi connectivity index (χ2v) is 9.44. The maximum atomic E-state index is 13.6. The average molecular weight is 516 g/mol. The van der Waals surface area contributed by atoms with Crippen LogP contribution in [0, 0.1) is 17.2 Å². The molecule has 13 heteroatoms. The van der Waals surface area contributed by atoms with Crippen molar-refractivity contribution in [1.82, 2.24) is 29.9 Å². The number of aromatic nitrogens is 6. The zero-order valence-corrected chi connectivity index (χ0v) is 19.4. The molecule has 8 nitrogen and oxygen atoms in total. The molecule has 37 heavy (non-hydrogen) atoms. The SMILES string of the molecule is N#CC1(c2cc(Nc3nc(CC[C@@H]4CCC(F)(F)C4)nc(-c4cncc(C(F)(F)F)n4)n3)ccn2)CC1. The number of hydrogen-bond donors (Lipinski definition) is 1. The summed E-state index contributed by atoms with van der Waals surface area (Å²) in [6, 6.07) is 5.62. The zero-order valence-electron chi connectivity index (χ0n) is 19.4. The van der Waals surface area contributed by atoms with E-state index in [4.69, 9.17) is 0 Å². The average Bonchev–Trinajstić information content (AvgIpc) is 3.59. The van der Waals surface area contributed by atoms with Gasteiger partial charge in [0.2, 0.25) is 11.9 Å². The molecule has 2 saturated carbocycles. The first kappa shape index (κ1) is 24.9. The van der Waals surface area contributed by atoms with E-state index in [1.54, 1.807) is 12.1 Å². The molecule has 1 N–H and O–H groups in total. The Morgan fingerprint density at radius 2 is 1.89 bits per heavy atom. The molecular weight excluding hydrogens is 495 g/mol. The van der Waals surface area contributed by atoms with Gasteiger partial charge in [0, 0.05) is 31.1 Å². The molecule has 0 unspecified atom stereocenters. The van der Waals surface area contributed by atoms with Gasteiger partial charge in [-0.3, -0.25) is 9.97 Å². The van der Waals surface area contributed by atoms with E-state index in [2.05, 4.69) is 41.3 Å². The van der Waals surface area contributed by atoms with Crippen LogP contribution in [0.3, 0.4) is 0 Å². The molecule has 2 aliphatic carbocycles. The summed E-state index contributed by atoms with van der Waals surface area (Å²) in [5.74, 6) is -2.76. The van der Waals surface area contributed by atoms with Crippen LogP contribution in [0.25, 0.3) is 11.5 Å². The van der Waals surface area contributed by atoms with Crippen LogP contribution in [-0.2, 0) is 18.0 Å². The summed E-state index contributed by atoms with van der Waals surface area (Å²) in [6.45, 7) is 0. The molecule has 0 spiro atoms. The number of nitriles is 1. The quantitative estimate of drug-likeness (QED) is 0.415. The number of nitrogens with zero attached hydrogens (tertiary/aromatic N) is 7. The molecule has 0 radical (unpaired) electrons. The van der Waals surface area contributed by atoms with Crippen LogP contribution in [0.5, 0.6) is 0 Å². The van der Waals surface area contributed by atoms with Gasteiger partial charge < -0.3 is 5.32 Å². The van der Waals surface area contributed by atoms with Crippen LogP contribution >= 0.6 is 0 Å². The Bertz CT molecular complexity index is 1350. The van der Waals surface area contributed by atoms with E-state index in [1.807, 2.05) is 0 Å². The third-order valence-electron chi connectivity index (χ3n) is 6.59. The summed E-state index contributed by atoms with van der Waals surface area (Å²) in [5, 5.41) is 12.5. The third kappa shape index (κ3) is 5.63. The number of aryl methyl sites for hydroxylation is 1. The van der Waals surface area contributed by atoms with Crippen molar-refractivity contribution in [2.45, 2.75) is 62.5 Å². The highest BCUT2D eigenvalue weighted by Gasteiger charge is 2.46. The standard InChI is InChI=1S/C24H21F5N8/c25-23(26)5-3-14(10-23)1-2-19-35-20(16-11-31-12-18(34-16)24(27,28)29)37-21(36-19)33-15-4-8-32-17(9-15)22(13-30)6-7-22/h4,8-9,11-12,14H,1-3,5-7,10H2,(H,32,33,35,36,37)/t14-/m1/s1. The minimum atomic E-state index is -4.71. The molecule has 192 valence electrons. The number of hydrogen-bond acceptors (Lipinski definition) is 8. The summed E-state index contributed by atoms with van der Waals surface area (Å²) in [6.07, 6.45) is 0.594.